The Kier molecular flexibility index (Phi) is 4.19. The Balaban J connectivity index is 1.99. The Bertz CT molecular complexity index is 770. The summed E-state index contributed by atoms with van der Waals surface area (Å²) in [6, 6.07) is 0.0870. The van der Waals surface area contributed by atoms with Crippen molar-refractivity contribution in [1.82, 2.24) is 20.1 Å². The van der Waals surface area contributed by atoms with Crippen LogP contribution in [-0.4, -0.2) is 33.8 Å². The second-order valence-corrected chi connectivity index (χ2v) is 6.59. The number of aryl methyl sites for hydroxylation is 2. The first-order chi connectivity index (χ1) is 10.9. The van der Waals surface area contributed by atoms with E-state index in [9.17, 15) is 4.79 Å². The first-order valence-corrected chi connectivity index (χ1v) is 8.29. The third-order valence-electron chi connectivity index (χ3n) is 4.73. The lowest BCUT2D eigenvalue weighted by atomic mass is 10.0. The summed E-state index contributed by atoms with van der Waals surface area (Å²) in [7, 11) is 3.54. The summed E-state index contributed by atoms with van der Waals surface area (Å²) >= 11 is 6.55. The SMILES string of the molecule is CNC(=O)C1CCCC1Nc1nc2c(c(C)nn2C)c(Cl)c1C. The van der Waals surface area contributed by atoms with Gasteiger partial charge in [0.2, 0.25) is 5.91 Å². The third kappa shape index (κ3) is 2.65. The molecule has 2 N–H and O–H groups in total. The summed E-state index contributed by atoms with van der Waals surface area (Å²) < 4.78 is 1.74. The molecule has 0 spiro atoms. The molecular weight excluding hydrogens is 314 g/mol. The molecule has 1 aliphatic rings. The van der Waals surface area contributed by atoms with Crippen molar-refractivity contribution in [2.75, 3.05) is 12.4 Å². The molecule has 7 heteroatoms. The smallest absolute Gasteiger partial charge is 0.224 e. The number of nitrogens with one attached hydrogen (secondary N) is 2. The van der Waals surface area contributed by atoms with Crippen LogP contribution in [0.4, 0.5) is 5.82 Å². The number of anilines is 1. The number of rotatable bonds is 3. The van der Waals surface area contributed by atoms with Gasteiger partial charge in [-0.2, -0.15) is 5.10 Å². The van der Waals surface area contributed by atoms with E-state index in [2.05, 4.69) is 15.7 Å². The van der Waals surface area contributed by atoms with Gasteiger partial charge in [-0.15, -0.1) is 0 Å². The molecule has 1 saturated carbocycles. The molecule has 0 aromatic carbocycles. The van der Waals surface area contributed by atoms with E-state index in [4.69, 9.17) is 16.6 Å². The molecule has 2 aromatic rings. The summed E-state index contributed by atoms with van der Waals surface area (Å²) in [5, 5.41) is 12.2. The van der Waals surface area contributed by atoms with Gasteiger partial charge >= 0.3 is 0 Å². The lowest BCUT2D eigenvalue weighted by Gasteiger charge is -2.21. The second-order valence-electron chi connectivity index (χ2n) is 6.21. The topological polar surface area (TPSA) is 71.8 Å². The van der Waals surface area contributed by atoms with E-state index in [0.717, 1.165) is 47.4 Å². The number of fused-ring (bicyclic) bond motifs is 1. The van der Waals surface area contributed by atoms with Crippen LogP contribution in [0.15, 0.2) is 0 Å². The molecular formula is C16H22ClN5O. The Morgan fingerprint density at radius 3 is 2.78 bits per heavy atom. The summed E-state index contributed by atoms with van der Waals surface area (Å²) in [5.41, 5.74) is 2.53. The first-order valence-electron chi connectivity index (χ1n) is 7.91. The highest BCUT2D eigenvalue weighted by molar-refractivity contribution is 6.36. The molecule has 0 bridgehead atoms. The van der Waals surface area contributed by atoms with Gasteiger partial charge in [-0.3, -0.25) is 9.48 Å². The summed E-state index contributed by atoms with van der Waals surface area (Å²) in [4.78, 5) is 16.7. The van der Waals surface area contributed by atoms with Gasteiger partial charge in [-0.05, 0) is 26.7 Å². The fraction of sp³-hybridized carbons (Fsp3) is 0.562. The van der Waals surface area contributed by atoms with Gasteiger partial charge in [-0.25, -0.2) is 4.98 Å². The number of hydrogen-bond donors (Lipinski definition) is 2. The molecule has 0 saturated heterocycles. The van der Waals surface area contributed by atoms with Gasteiger partial charge in [0.25, 0.3) is 0 Å². The zero-order chi connectivity index (χ0) is 16.7. The van der Waals surface area contributed by atoms with E-state index in [1.807, 2.05) is 20.9 Å². The molecule has 1 aliphatic carbocycles. The number of halogens is 1. The number of aromatic nitrogens is 3. The van der Waals surface area contributed by atoms with Crippen LogP contribution in [0.1, 0.15) is 30.5 Å². The molecule has 0 radical (unpaired) electrons. The molecule has 2 heterocycles. The minimum absolute atomic E-state index is 0.0241. The maximum Gasteiger partial charge on any atom is 0.224 e. The number of pyridine rings is 1. The van der Waals surface area contributed by atoms with Gasteiger partial charge in [-0.1, -0.05) is 18.0 Å². The molecule has 2 aromatic heterocycles. The van der Waals surface area contributed by atoms with Crippen LogP contribution in [0, 0.1) is 19.8 Å². The molecule has 6 nitrogen and oxygen atoms in total. The molecule has 1 fully saturated rings. The molecule has 1 amide bonds. The number of nitrogens with zero attached hydrogens (tertiary/aromatic N) is 3. The van der Waals surface area contributed by atoms with Crippen molar-refractivity contribution in [3.05, 3.63) is 16.3 Å². The van der Waals surface area contributed by atoms with Crippen molar-refractivity contribution in [3.63, 3.8) is 0 Å². The van der Waals surface area contributed by atoms with Crippen molar-refractivity contribution in [3.8, 4) is 0 Å². The predicted octanol–water partition coefficient (Wildman–Crippen LogP) is 2.57. The molecule has 23 heavy (non-hydrogen) atoms. The standard InChI is InChI=1S/C16H22ClN5O/c1-8-13(17)12-9(2)21-22(4)15(12)20-14(8)19-11-7-5-6-10(11)16(23)18-3/h10-11H,5-7H2,1-4H3,(H,18,23)(H,19,20). The highest BCUT2D eigenvalue weighted by Crippen LogP contribution is 2.34. The molecule has 0 aliphatic heterocycles. The normalized spacial score (nSPS) is 20.9. The molecule has 3 rings (SSSR count). The Morgan fingerprint density at radius 1 is 1.35 bits per heavy atom. The Labute approximate surface area is 140 Å². The first kappa shape index (κ1) is 16.1. The lowest BCUT2D eigenvalue weighted by molar-refractivity contribution is -0.124. The number of hydrogen-bond acceptors (Lipinski definition) is 4. The molecule has 124 valence electrons. The van der Waals surface area contributed by atoms with E-state index in [0.29, 0.717) is 5.02 Å². The fourth-order valence-corrected chi connectivity index (χ4v) is 3.77. The lowest BCUT2D eigenvalue weighted by Crippen LogP contribution is -2.36. The fourth-order valence-electron chi connectivity index (χ4n) is 3.46. The zero-order valence-electron chi connectivity index (χ0n) is 13.9. The minimum Gasteiger partial charge on any atom is -0.366 e. The van der Waals surface area contributed by atoms with E-state index in [-0.39, 0.29) is 17.9 Å². The summed E-state index contributed by atoms with van der Waals surface area (Å²) in [6.45, 7) is 3.88. The monoisotopic (exact) mass is 335 g/mol. The van der Waals surface area contributed by atoms with E-state index < -0.39 is 0 Å². The average molecular weight is 336 g/mol. The maximum atomic E-state index is 12.0. The highest BCUT2D eigenvalue weighted by atomic mass is 35.5. The van der Waals surface area contributed by atoms with Crippen molar-refractivity contribution >= 4 is 34.4 Å². The number of carbonyl (C=O) groups excluding carboxylic acids is 1. The van der Waals surface area contributed by atoms with Crippen LogP contribution in [0.2, 0.25) is 5.02 Å². The van der Waals surface area contributed by atoms with E-state index >= 15 is 0 Å². The summed E-state index contributed by atoms with van der Waals surface area (Å²) in [5.74, 6) is 0.802. The van der Waals surface area contributed by atoms with E-state index in [1.54, 1.807) is 11.7 Å². The molecule has 2 unspecified atom stereocenters. The maximum absolute atomic E-state index is 12.0. The van der Waals surface area contributed by atoms with Gasteiger partial charge < -0.3 is 10.6 Å². The van der Waals surface area contributed by atoms with Gasteiger partial charge in [0, 0.05) is 25.7 Å². The Hall–Kier alpha value is -1.82. The third-order valence-corrected chi connectivity index (χ3v) is 5.21. The molecule has 2 atom stereocenters. The van der Waals surface area contributed by atoms with Gasteiger partial charge in [0.05, 0.1) is 22.0 Å². The van der Waals surface area contributed by atoms with Crippen molar-refractivity contribution in [2.45, 2.75) is 39.2 Å². The predicted molar refractivity (Wildman–Crippen MR) is 91.8 cm³/mol. The van der Waals surface area contributed by atoms with Gasteiger partial charge in [0.15, 0.2) is 5.65 Å². The Morgan fingerprint density at radius 2 is 2.09 bits per heavy atom. The second kappa shape index (κ2) is 6.00. The average Bonchev–Trinajstić information content (AvgIpc) is 3.08. The number of carbonyl (C=O) groups is 1. The largest absolute Gasteiger partial charge is 0.366 e. The minimum atomic E-state index is -0.0241. The van der Waals surface area contributed by atoms with Crippen LogP contribution in [-0.2, 0) is 11.8 Å². The zero-order valence-corrected chi connectivity index (χ0v) is 14.7. The van der Waals surface area contributed by atoms with Crippen LogP contribution >= 0.6 is 11.6 Å². The van der Waals surface area contributed by atoms with Crippen molar-refractivity contribution in [2.24, 2.45) is 13.0 Å². The number of amides is 1. The van der Waals surface area contributed by atoms with Crippen LogP contribution in [0.25, 0.3) is 11.0 Å². The van der Waals surface area contributed by atoms with Crippen molar-refractivity contribution < 1.29 is 4.79 Å². The van der Waals surface area contributed by atoms with E-state index in [1.165, 1.54) is 0 Å². The van der Waals surface area contributed by atoms with Crippen LogP contribution in [0.5, 0.6) is 0 Å². The van der Waals surface area contributed by atoms with Crippen LogP contribution < -0.4 is 10.6 Å². The van der Waals surface area contributed by atoms with Crippen LogP contribution in [0.3, 0.4) is 0 Å². The summed E-state index contributed by atoms with van der Waals surface area (Å²) in [6.07, 6.45) is 2.89. The highest BCUT2D eigenvalue weighted by Gasteiger charge is 2.33. The van der Waals surface area contributed by atoms with Crippen molar-refractivity contribution in [1.29, 1.82) is 0 Å². The van der Waals surface area contributed by atoms with Gasteiger partial charge in [0.1, 0.15) is 5.82 Å². The quantitative estimate of drug-likeness (QED) is 0.904.